The third-order valence-electron chi connectivity index (χ3n) is 6.84. The van der Waals surface area contributed by atoms with E-state index in [1.165, 1.54) is 0 Å². The molecule has 0 bridgehead atoms. The highest BCUT2D eigenvalue weighted by atomic mass is 16.7. The second-order valence-corrected chi connectivity index (χ2v) is 10.2. The van der Waals surface area contributed by atoms with Crippen LogP contribution in [0, 0.1) is 5.92 Å². The molecular formula is C28H40N4O5. The molecule has 1 aliphatic heterocycles. The summed E-state index contributed by atoms with van der Waals surface area (Å²) in [7, 11) is 0. The Morgan fingerprint density at radius 3 is 2.49 bits per heavy atom. The summed E-state index contributed by atoms with van der Waals surface area (Å²) >= 11 is 0. The number of rotatable bonds is 11. The first kappa shape index (κ1) is 28.9. The number of allylic oxidation sites excluding steroid dienone is 4. The zero-order valence-corrected chi connectivity index (χ0v) is 22.0. The van der Waals surface area contributed by atoms with Crippen molar-refractivity contribution in [2.45, 2.75) is 83.3 Å². The summed E-state index contributed by atoms with van der Waals surface area (Å²) in [4.78, 5) is 9.14. The normalized spacial score (nSPS) is 24.7. The molecule has 9 heteroatoms. The van der Waals surface area contributed by atoms with Crippen LogP contribution in [-0.4, -0.2) is 61.3 Å². The molecule has 1 aromatic rings. The molecule has 0 aromatic heterocycles. The molecule has 0 spiro atoms. The largest absolute Gasteiger partial charge is 0.393 e. The lowest BCUT2D eigenvalue weighted by Gasteiger charge is -2.22. The van der Waals surface area contributed by atoms with Crippen LogP contribution in [0.25, 0.3) is 5.57 Å². The van der Waals surface area contributed by atoms with Crippen LogP contribution in [0.4, 0.5) is 0 Å². The highest BCUT2D eigenvalue weighted by Crippen LogP contribution is 2.32. The van der Waals surface area contributed by atoms with E-state index >= 15 is 0 Å². The van der Waals surface area contributed by atoms with Gasteiger partial charge in [0, 0.05) is 23.6 Å². The lowest BCUT2D eigenvalue weighted by molar-refractivity contribution is -0.313. The number of hydrogen-bond acceptors (Lipinski definition) is 9. The summed E-state index contributed by atoms with van der Waals surface area (Å²) in [5.41, 5.74) is 9.22. The van der Waals surface area contributed by atoms with Crippen LogP contribution in [0.3, 0.4) is 0 Å². The molecule has 0 radical (unpaired) electrons. The van der Waals surface area contributed by atoms with Gasteiger partial charge in [0.1, 0.15) is 6.17 Å². The average molecular weight is 513 g/mol. The second kappa shape index (κ2) is 12.3. The highest BCUT2D eigenvalue weighted by molar-refractivity contribution is 5.85. The van der Waals surface area contributed by atoms with E-state index in [4.69, 9.17) is 4.99 Å². The van der Waals surface area contributed by atoms with Crippen LogP contribution in [0.1, 0.15) is 70.7 Å². The van der Waals surface area contributed by atoms with Gasteiger partial charge >= 0.3 is 0 Å². The molecule has 0 fully saturated rings. The van der Waals surface area contributed by atoms with Gasteiger partial charge in [-0.2, -0.15) is 0 Å². The molecule has 5 unspecified atom stereocenters. The van der Waals surface area contributed by atoms with Gasteiger partial charge in [-0.25, -0.2) is 10.4 Å². The Labute approximate surface area is 218 Å². The summed E-state index contributed by atoms with van der Waals surface area (Å²) in [6, 6.07) is 7.73. The maximum absolute atomic E-state index is 11.2. The average Bonchev–Trinajstić information content (AvgIpc) is 3.31. The minimum Gasteiger partial charge on any atom is -0.393 e. The lowest BCUT2D eigenvalue weighted by Crippen LogP contribution is -2.29. The van der Waals surface area contributed by atoms with Crippen molar-refractivity contribution in [1.82, 2.24) is 10.9 Å². The van der Waals surface area contributed by atoms with Crippen molar-refractivity contribution in [3.63, 3.8) is 0 Å². The van der Waals surface area contributed by atoms with E-state index in [1.807, 2.05) is 56.3 Å². The molecule has 0 saturated carbocycles. The van der Waals surface area contributed by atoms with E-state index in [9.17, 15) is 25.5 Å². The van der Waals surface area contributed by atoms with Crippen LogP contribution in [0.5, 0.6) is 0 Å². The molecule has 1 aromatic carbocycles. The first-order valence-corrected chi connectivity index (χ1v) is 12.7. The van der Waals surface area contributed by atoms with Gasteiger partial charge in [-0.1, -0.05) is 43.3 Å². The quantitative estimate of drug-likeness (QED) is 0.178. The summed E-state index contributed by atoms with van der Waals surface area (Å²) in [6.07, 6.45) is 9.39. The third-order valence-corrected chi connectivity index (χ3v) is 6.84. The number of aliphatic imine (C=N–C) groups is 2. The number of hydrogen-bond donors (Lipinski definition) is 7. The monoisotopic (exact) mass is 512 g/mol. The van der Waals surface area contributed by atoms with E-state index in [0.717, 1.165) is 22.3 Å². The molecule has 2 aliphatic rings. The van der Waals surface area contributed by atoms with Gasteiger partial charge < -0.3 is 31.0 Å². The number of nitrogens with one attached hydrogen (secondary N) is 2. The van der Waals surface area contributed by atoms with Crippen LogP contribution in [-0.2, 0) is 0 Å². The van der Waals surface area contributed by atoms with Crippen LogP contribution >= 0.6 is 0 Å². The fraction of sp³-hybridized carbons (Fsp3) is 0.500. The van der Waals surface area contributed by atoms with Crippen LogP contribution in [0.15, 0.2) is 64.1 Å². The summed E-state index contributed by atoms with van der Waals surface area (Å²) in [5, 5.41) is 49.3. The summed E-state index contributed by atoms with van der Waals surface area (Å²) < 4.78 is 0. The van der Waals surface area contributed by atoms with E-state index in [0.29, 0.717) is 18.6 Å². The zero-order valence-electron chi connectivity index (χ0n) is 22.0. The van der Waals surface area contributed by atoms with Crippen molar-refractivity contribution in [2.75, 3.05) is 0 Å². The molecule has 1 aliphatic carbocycles. The van der Waals surface area contributed by atoms with Gasteiger partial charge in [-0.3, -0.25) is 4.99 Å². The smallest absolute Gasteiger partial charge is 0.275 e. The molecule has 1 heterocycles. The van der Waals surface area contributed by atoms with Crippen molar-refractivity contribution in [2.24, 2.45) is 15.9 Å². The fourth-order valence-electron chi connectivity index (χ4n) is 4.43. The molecule has 5 atom stereocenters. The van der Waals surface area contributed by atoms with Crippen molar-refractivity contribution in [1.29, 1.82) is 0 Å². The van der Waals surface area contributed by atoms with Crippen molar-refractivity contribution < 1.29 is 25.5 Å². The first-order valence-electron chi connectivity index (χ1n) is 12.7. The number of benzene rings is 1. The Bertz CT molecular complexity index is 1080. The number of aliphatic hydroxyl groups is 5. The number of hydrazine groups is 1. The van der Waals surface area contributed by atoms with Gasteiger partial charge in [-0.15, -0.1) is 0 Å². The number of nitrogens with zero attached hydrogens (tertiary/aromatic N) is 2. The molecule has 202 valence electrons. The standard InChI is InChI=1S/C28H40N4O5/c1-18(20(3)33)19(2)31-23(13-14-28(35,36)37)12-10-21-9-11-22(16-27(4,34)15-21)24-7-5-6-8-25(24)26-29-17-30-32-26/h5-9,11,15-20,26,32-37H,10,12-14H2,1-4H3,(H,29,30). The molecule has 0 amide bonds. The van der Waals surface area contributed by atoms with Crippen molar-refractivity contribution >= 4 is 17.6 Å². The highest BCUT2D eigenvalue weighted by Gasteiger charge is 2.24. The molecule has 3 rings (SSSR count). The minimum absolute atomic E-state index is 0.0874. The summed E-state index contributed by atoms with van der Waals surface area (Å²) in [6.45, 7) is 7.26. The maximum atomic E-state index is 11.2. The van der Waals surface area contributed by atoms with E-state index in [2.05, 4.69) is 15.8 Å². The van der Waals surface area contributed by atoms with Gasteiger partial charge in [0.05, 0.1) is 24.1 Å². The Hall–Kier alpha value is -2.66. The van der Waals surface area contributed by atoms with Crippen molar-refractivity contribution in [3.05, 3.63) is 65.3 Å². The Kier molecular flexibility index (Phi) is 9.57. The van der Waals surface area contributed by atoms with Crippen LogP contribution < -0.4 is 10.9 Å². The molecular weight excluding hydrogens is 472 g/mol. The molecule has 0 saturated heterocycles. The Morgan fingerprint density at radius 1 is 1.11 bits per heavy atom. The van der Waals surface area contributed by atoms with E-state index < -0.39 is 17.7 Å². The zero-order chi connectivity index (χ0) is 27.2. The second-order valence-electron chi connectivity index (χ2n) is 10.2. The van der Waals surface area contributed by atoms with Crippen molar-refractivity contribution in [3.8, 4) is 0 Å². The Morgan fingerprint density at radius 2 is 1.84 bits per heavy atom. The predicted octanol–water partition coefficient (Wildman–Crippen LogP) is 2.49. The maximum Gasteiger partial charge on any atom is 0.275 e. The van der Waals surface area contributed by atoms with E-state index in [1.54, 1.807) is 26.3 Å². The number of aliphatic hydroxyl groups excluding tert-OH is 1. The van der Waals surface area contributed by atoms with Gasteiger partial charge in [0.15, 0.2) is 0 Å². The lowest BCUT2D eigenvalue weighted by atomic mass is 9.94. The summed E-state index contributed by atoms with van der Waals surface area (Å²) in [5.74, 6) is -2.86. The minimum atomic E-state index is -2.77. The van der Waals surface area contributed by atoms with Crippen LogP contribution in [0.2, 0.25) is 0 Å². The van der Waals surface area contributed by atoms with Gasteiger partial charge in [0.25, 0.3) is 5.97 Å². The topological polar surface area (TPSA) is 150 Å². The first-order chi connectivity index (χ1) is 17.3. The van der Waals surface area contributed by atoms with E-state index in [-0.39, 0.29) is 31.0 Å². The predicted molar refractivity (Wildman–Crippen MR) is 145 cm³/mol. The fourth-order valence-corrected chi connectivity index (χ4v) is 4.43. The van der Waals surface area contributed by atoms with Gasteiger partial charge in [-0.05, 0) is 68.9 Å². The Balaban J connectivity index is 1.80. The SMILES string of the molecule is CC(O)C(C)C(C)N=C(CCC1=CC(C)(O)C=C(c2ccccc2C2N=CNN2)C=C1)CCC(O)(O)O. The molecule has 37 heavy (non-hydrogen) atoms. The van der Waals surface area contributed by atoms with Gasteiger partial charge in [0.2, 0.25) is 0 Å². The third kappa shape index (κ3) is 8.70. The molecule has 7 N–H and O–H groups in total. The molecule has 9 nitrogen and oxygen atoms in total.